The number of nitrogens with zero attached hydrogens (tertiary/aromatic N) is 1. The number of rotatable bonds is 5. The largest absolute Gasteiger partial charge is 0.480 e. The number of amides is 3. The van der Waals surface area contributed by atoms with Crippen LogP contribution >= 0.6 is 0 Å². The van der Waals surface area contributed by atoms with Gasteiger partial charge in [-0.1, -0.05) is 0 Å². The highest BCUT2D eigenvalue weighted by Gasteiger charge is 2.23. The number of ether oxygens (including phenoxy) is 1. The Morgan fingerprint density at radius 3 is 2.44 bits per heavy atom. The topological polar surface area (TPSA) is 134 Å². The second-order valence-corrected chi connectivity index (χ2v) is 3.75. The molecule has 0 aromatic carbocycles. The second kappa shape index (κ2) is 6.77. The van der Waals surface area contributed by atoms with E-state index in [9.17, 15) is 14.4 Å². The Morgan fingerprint density at radius 2 is 1.94 bits per heavy atom. The lowest BCUT2D eigenvalue weighted by molar-refractivity contribution is -0.140. The van der Waals surface area contributed by atoms with Crippen molar-refractivity contribution in [2.24, 2.45) is 5.73 Å². The van der Waals surface area contributed by atoms with Crippen LogP contribution in [-0.2, 0) is 14.3 Å². The van der Waals surface area contributed by atoms with E-state index in [1.165, 1.54) is 0 Å². The first kappa shape index (κ1) is 14.2. The number of carboxylic acids is 1. The van der Waals surface area contributed by atoms with Gasteiger partial charge in [-0.05, 0) is 0 Å². The molecule has 1 saturated heterocycles. The van der Waals surface area contributed by atoms with Crippen LogP contribution in [-0.4, -0.2) is 60.4 Å². The fourth-order valence-electron chi connectivity index (χ4n) is 1.41. The molecular weight excluding hydrogens is 244 g/mol. The summed E-state index contributed by atoms with van der Waals surface area (Å²) < 4.78 is 5.08. The Bertz CT molecular complexity index is 329. The first-order valence-electron chi connectivity index (χ1n) is 5.40. The zero-order valence-electron chi connectivity index (χ0n) is 9.72. The zero-order chi connectivity index (χ0) is 13.5. The molecule has 1 unspecified atom stereocenters. The summed E-state index contributed by atoms with van der Waals surface area (Å²) in [5, 5.41) is 12.6. The van der Waals surface area contributed by atoms with Crippen molar-refractivity contribution in [2.75, 3.05) is 26.3 Å². The Hall–Kier alpha value is -1.87. The quantitative estimate of drug-likeness (QED) is 0.445. The Labute approximate surface area is 103 Å². The van der Waals surface area contributed by atoms with E-state index in [2.05, 4.69) is 10.7 Å². The predicted octanol–water partition coefficient (Wildman–Crippen LogP) is -2.14. The average Bonchev–Trinajstić information content (AvgIpc) is 2.28. The molecule has 0 aromatic rings. The van der Waals surface area contributed by atoms with Crippen molar-refractivity contribution < 1.29 is 24.2 Å². The number of urea groups is 1. The molecule has 0 radical (unpaired) electrons. The number of hydrogen-bond donors (Lipinski definition) is 4. The minimum atomic E-state index is -1.33. The van der Waals surface area contributed by atoms with Crippen molar-refractivity contribution in [3.05, 3.63) is 0 Å². The van der Waals surface area contributed by atoms with E-state index in [1.807, 2.05) is 0 Å². The maximum atomic E-state index is 11.5. The third-order valence-corrected chi connectivity index (χ3v) is 2.28. The summed E-state index contributed by atoms with van der Waals surface area (Å²) in [7, 11) is 0. The van der Waals surface area contributed by atoms with Crippen molar-refractivity contribution in [1.82, 2.24) is 15.8 Å². The summed E-state index contributed by atoms with van der Waals surface area (Å²) in [5.74, 6) is -2.11. The maximum absolute atomic E-state index is 11.5. The number of morpholine rings is 1. The highest BCUT2D eigenvalue weighted by molar-refractivity contribution is 5.87. The molecule has 9 heteroatoms. The molecule has 1 heterocycles. The van der Waals surface area contributed by atoms with Crippen LogP contribution in [0.4, 0.5) is 4.79 Å². The van der Waals surface area contributed by atoms with Crippen LogP contribution in [0, 0.1) is 0 Å². The number of carbonyl (C=O) groups is 3. The summed E-state index contributed by atoms with van der Waals surface area (Å²) in [6.45, 7) is 2.01. The third-order valence-electron chi connectivity index (χ3n) is 2.28. The standard InChI is InChI=1S/C9H16N4O5/c10-7(14)5-6(8(15)16)11-9(17)12-13-1-3-18-4-2-13/h6H,1-5H2,(H2,10,14)(H,15,16)(H2,11,12,17). The predicted molar refractivity (Wildman–Crippen MR) is 59.3 cm³/mol. The molecule has 1 rings (SSSR count). The number of hydrazine groups is 1. The number of carboxylic acid groups (broad SMARTS) is 1. The van der Waals surface area contributed by atoms with Crippen LogP contribution < -0.4 is 16.5 Å². The SMILES string of the molecule is NC(=O)CC(NC(=O)NN1CCOCC1)C(=O)O. The first-order chi connectivity index (χ1) is 8.49. The van der Waals surface area contributed by atoms with E-state index in [1.54, 1.807) is 5.01 Å². The molecule has 0 aromatic heterocycles. The number of nitrogens with two attached hydrogens (primary N) is 1. The van der Waals surface area contributed by atoms with E-state index in [0.717, 1.165) is 0 Å². The molecule has 18 heavy (non-hydrogen) atoms. The van der Waals surface area contributed by atoms with Crippen LogP contribution in [0.15, 0.2) is 0 Å². The normalized spacial score (nSPS) is 17.8. The van der Waals surface area contributed by atoms with Crippen molar-refractivity contribution in [3.8, 4) is 0 Å². The Balaban J connectivity index is 2.40. The van der Waals surface area contributed by atoms with Crippen molar-refractivity contribution in [3.63, 3.8) is 0 Å². The summed E-state index contributed by atoms with van der Waals surface area (Å²) >= 11 is 0. The molecule has 0 saturated carbocycles. The molecule has 1 aliphatic heterocycles. The van der Waals surface area contributed by atoms with Crippen LogP contribution in [0.1, 0.15) is 6.42 Å². The van der Waals surface area contributed by atoms with Gasteiger partial charge in [-0.2, -0.15) is 0 Å². The smallest absolute Gasteiger partial charge is 0.330 e. The fraction of sp³-hybridized carbons (Fsp3) is 0.667. The molecule has 1 aliphatic rings. The molecule has 3 amide bonds. The van der Waals surface area contributed by atoms with E-state index >= 15 is 0 Å². The molecular formula is C9H16N4O5. The van der Waals surface area contributed by atoms with Gasteiger partial charge < -0.3 is 20.9 Å². The molecule has 5 N–H and O–H groups in total. The van der Waals surface area contributed by atoms with Gasteiger partial charge >= 0.3 is 12.0 Å². The molecule has 0 aliphatic carbocycles. The van der Waals surface area contributed by atoms with Crippen LogP contribution in [0.25, 0.3) is 0 Å². The van der Waals surface area contributed by atoms with Gasteiger partial charge in [0.25, 0.3) is 0 Å². The average molecular weight is 260 g/mol. The first-order valence-corrected chi connectivity index (χ1v) is 5.40. The van der Waals surface area contributed by atoms with Gasteiger partial charge in [0.05, 0.1) is 19.6 Å². The van der Waals surface area contributed by atoms with Crippen LogP contribution in [0.2, 0.25) is 0 Å². The highest BCUT2D eigenvalue weighted by atomic mass is 16.5. The van der Waals surface area contributed by atoms with Gasteiger partial charge in [-0.3, -0.25) is 10.2 Å². The number of carbonyl (C=O) groups excluding carboxylic acids is 2. The van der Waals surface area contributed by atoms with Gasteiger partial charge in [0.15, 0.2) is 0 Å². The zero-order valence-corrected chi connectivity index (χ0v) is 9.72. The minimum Gasteiger partial charge on any atom is -0.480 e. The maximum Gasteiger partial charge on any atom is 0.330 e. The highest BCUT2D eigenvalue weighted by Crippen LogP contribution is 1.94. The number of aliphatic carboxylic acids is 1. The molecule has 0 bridgehead atoms. The van der Waals surface area contributed by atoms with E-state index in [4.69, 9.17) is 15.6 Å². The van der Waals surface area contributed by atoms with E-state index in [0.29, 0.717) is 26.3 Å². The van der Waals surface area contributed by atoms with Crippen molar-refractivity contribution in [1.29, 1.82) is 0 Å². The van der Waals surface area contributed by atoms with Crippen LogP contribution in [0.3, 0.4) is 0 Å². The third kappa shape index (κ3) is 4.97. The Morgan fingerprint density at radius 1 is 1.33 bits per heavy atom. The number of hydrogen-bond acceptors (Lipinski definition) is 5. The second-order valence-electron chi connectivity index (χ2n) is 3.75. The lowest BCUT2D eigenvalue weighted by atomic mass is 10.2. The lowest BCUT2D eigenvalue weighted by Gasteiger charge is -2.27. The number of nitrogens with one attached hydrogen (secondary N) is 2. The van der Waals surface area contributed by atoms with Crippen molar-refractivity contribution >= 4 is 17.9 Å². The number of primary amides is 1. The Kier molecular flexibility index (Phi) is 5.33. The van der Waals surface area contributed by atoms with Gasteiger partial charge in [-0.25, -0.2) is 14.6 Å². The summed E-state index contributed by atoms with van der Waals surface area (Å²) in [5.41, 5.74) is 7.36. The summed E-state index contributed by atoms with van der Waals surface area (Å²) in [6, 6.07) is -2.02. The molecule has 1 atom stereocenters. The minimum absolute atomic E-state index is 0.453. The summed E-state index contributed by atoms with van der Waals surface area (Å²) in [6.07, 6.45) is -0.453. The van der Waals surface area contributed by atoms with Crippen molar-refractivity contribution in [2.45, 2.75) is 12.5 Å². The molecule has 1 fully saturated rings. The van der Waals surface area contributed by atoms with Crippen LogP contribution in [0.5, 0.6) is 0 Å². The monoisotopic (exact) mass is 260 g/mol. The van der Waals surface area contributed by atoms with Gasteiger partial charge in [-0.15, -0.1) is 0 Å². The van der Waals surface area contributed by atoms with Gasteiger partial charge in [0.1, 0.15) is 6.04 Å². The summed E-state index contributed by atoms with van der Waals surface area (Å²) in [4.78, 5) is 32.9. The van der Waals surface area contributed by atoms with Gasteiger partial charge in [0, 0.05) is 13.1 Å². The molecule has 0 spiro atoms. The molecule has 102 valence electrons. The van der Waals surface area contributed by atoms with E-state index in [-0.39, 0.29) is 0 Å². The van der Waals surface area contributed by atoms with Gasteiger partial charge in [0.2, 0.25) is 5.91 Å². The lowest BCUT2D eigenvalue weighted by Crippen LogP contribution is -2.55. The van der Waals surface area contributed by atoms with E-state index < -0.39 is 30.4 Å². The fourth-order valence-corrected chi connectivity index (χ4v) is 1.41. The molecule has 9 nitrogen and oxygen atoms in total.